The minimum atomic E-state index is -4.99. The molecule has 0 spiro atoms. The fourth-order valence-electron chi connectivity index (χ4n) is 2.67. The molecule has 1 aliphatic rings. The number of phenols is 1. The Kier molecular flexibility index (Phi) is 7.24. The van der Waals surface area contributed by atoms with Gasteiger partial charge in [-0.05, 0) is 18.2 Å². The summed E-state index contributed by atoms with van der Waals surface area (Å²) in [5.74, 6) is -4.98. The Morgan fingerprint density at radius 1 is 1.16 bits per heavy atom. The van der Waals surface area contributed by atoms with Crippen molar-refractivity contribution in [3.05, 3.63) is 23.8 Å². The highest BCUT2D eigenvalue weighted by Gasteiger charge is 2.45. The van der Waals surface area contributed by atoms with Crippen molar-refractivity contribution in [2.45, 2.75) is 18.3 Å². The molecule has 1 aromatic rings. The Bertz CT molecular complexity index is 568. The molecule has 1 aromatic carbocycles. The van der Waals surface area contributed by atoms with Gasteiger partial charge in [-0.1, -0.05) is 0 Å². The van der Waals surface area contributed by atoms with Crippen molar-refractivity contribution >= 4 is 12.4 Å². The largest absolute Gasteiger partial charge is 0.573 e. The summed E-state index contributed by atoms with van der Waals surface area (Å²) in [6, 6.07) is 0.637. The highest BCUT2D eigenvalue weighted by Crippen LogP contribution is 2.42. The van der Waals surface area contributed by atoms with Gasteiger partial charge in [0.15, 0.2) is 0 Å². The summed E-state index contributed by atoms with van der Waals surface area (Å²) in [6.45, 7) is -0.339. The molecule has 3 N–H and O–H groups in total. The lowest BCUT2D eigenvalue weighted by Crippen LogP contribution is -2.51. The first kappa shape index (κ1) is 21.7. The molecule has 5 nitrogen and oxygen atoms in total. The summed E-state index contributed by atoms with van der Waals surface area (Å²) in [5, 5.41) is 21.9. The van der Waals surface area contributed by atoms with E-state index in [9.17, 15) is 27.1 Å². The van der Waals surface area contributed by atoms with Gasteiger partial charge in [-0.15, -0.1) is 25.6 Å². The number of phenolic OH excluding ortho intramolecular Hbond substituents is 1. The molecule has 1 heterocycles. The second kappa shape index (κ2) is 8.35. The van der Waals surface area contributed by atoms with Crippen molar-refractivity contribution < 1.29 is 36.9 Å². The van der Waals surface area contributed by atoms with Crippen molar-refractivity contribution in [1.82, 2.24) is 10.2 Å². The molecule has 1 aliphatic heterocycles. The average Bonchev–Trinajstić information content (AvgIpc) is 2.50. The first-order chi connectivity index (χ1) is 11.1. The normalized spacial score (nSPS) is 17.7. The van der Waals surface area contributed by atoms with Gasteiger partial charge in [-0.2, -0.15) is 0 Å². The van der Waals surface area contributed by atoms with Crippen LogP contribution in [0.1, 0.15) is 11.6 Å². The van der Waals surface area contributed by atoms with E-state index in [2.05, 4.69) is 10.1 Å². The highest BCUT2D eigenvalue weighted by atomic mass is 35.5. The molecule has 0 saturated carbocycles. The topological polar surface area (TPSA) is 65.0 Å². The quantitative estimate of drug-likeness (QED) is 0.671. The van der Waals surface area contributed by atoms with E-state index in [1.54, 1.807) is 0 Å². The van der Waals surface area contributed by atoms with Gasteiger partial charge < -0.3 is 20.3 Å². The molecule has 0 radical (unpaired) electrons. The van der Waals surface area contributed by atoms with Gasteiger partial charge in [0.1, 0.15) is 24.1 Å². The SMILES string of the molecule is Cl.OCC(F)(F)[C@@H](c1cc(OC(F)(F)F)ccc1O)N1CCNCC1. The zero-order valence-electron chi connectivity index (χ0n) is 12.9. The van der Waals surface area contributed by atoms with Gasteiger partial charge >= 0.3 is 6.36 Å². The minimum absolute atomic E-state index is 0. The third kappa shape index (κ3) is 5.56. The van der Waals surface area contributed by atoms with Gasteiger partial charge in [0.2, 0.25) is 0 Å². The molecule has 11 heteroatoms. The number of nitrogens with zero attached hydrogens (tertiary/aromatic N) is 1. The van der Waals surface area contributed by atoms with Crippen LogP contribution in [0.4, 0.5) is 22.0 Å². The van der Waals surface area contributed by atoms with Crippen LogP contribution in [-0.2, 0) is 0 Å². The summed E-state index contributed by atoms with van der Waals surface area (Å²) in [7, 11) is 0. The molecule has 0 aliphatic carbocycles. The van der Waals surface area contributed by atoms with Gasteiger partial charge in [-0.25, -0.2) is 8.78 Å². The molecular formula is C14H18ClF5N2O3. The Labute approximate surface area is 146 Å². The van der Waals surface area contributed by atoms with E-state index < -0.39 is 42.0 Å². The maximum absolute atomic E-state index is 14.3. The Morgan fingerprint density at radius 2 is 1.76 bits per heavy atom. The Balaban J connectivity index is 0.00000312. The third-order valence-corrected chi connectivity index (χ3v) is 3.65. The monoisotopic (exact) mass is 392 g/mol. The van der Waals surface area contributed by atoms with Crippen LogP contribution in [0.25, 0.3) is 0 Å². The molecule has 0 bridgehead atoms. The van der Waals surface area contributed by atoms with Crippen LogP contribution in [0.2, 0.25) is 0 Å². The van der Waals surface area contributed by atoms with Crippen LogP contribution in [0.15, 0.2) is 18.2 Å². The molecule has 1 saturated heterocycles. The zero-order chi connectivity index (χ0) is 18.0. The van der Waals surface area contributed by atoms with Gasteiger partial charge in [0.05, 0.1) is 0 Å². The van der Waals surface area contributed by atoms with Gasteiger partial charge in [0.25, 0.3) is 5.92 Å². The van der Waals surface area contributed by atoms with E-state index in [4.69, 9.17) is 5.11 Å². The average molecular weight is 393 g/mol. The van der Waals surface area contributed by atoms with E-state index >= 15 is 0 Å². The number of aromatic hydroxyl groups is 1. The summed E-state index contributed by atoms with van der Waals surface area (Å²) in [4.78, 5) is 1.30. The van der Waals surface area contributed by atoms with Gasteiger partial charge in [-0.3, -0.25) is 4.90 Å². The molecule has 1 fully saturated rings. The van der Waals surface area contributed by atoms with E-state index in [1.165, 1.54) is 4.90 Å². The summed E-state index contributed by atoms with van der Waals surface area (Å²) in [6.07, 6.45) is -4.99. The maximum atomic E-state index is 14.3. The van der Waals surface area contributed by atoms with Crippen LogP contribution < -0.4 is 10.1 Å². The van der Waals surface area contributed by atoms with Crippen molar-refractivity contribution in [1.29, 1.82) is 0 Å². The number of rotatable bonds is 5. The number of nitrogens with one attached hydrogen (secondary N) is 1. The number of hydrogen-bond donors (Lipinski definition) is 3. The molecule has 1 atom stereocenters. The number of aliphatic hydroxyl groups excluding tert-OH is 1. The lowest BCUT2D eigenvalue weighted by molar-refractivity contribution is -0.274. The van der Waals surface area contributed by atoms with Crippen LogP contribution in [0, 0.1) is 0 Å². The van der Waals surface area contributed by atoms with E-state index in [-0.39, 0.29) is 25.5 Å². The fraction of sp³-hybridized carbons (Fsp3) is 0.571. The fourth-order valence-corrected chi connectivity index (χ4v) is 2.67. The summed E-state index contributed by atoms with van der Waals surface area (Å²) >= 11 is 0. The first-order valence-electron chi connectivity index (χ1n) is 7.16. The number of halogens is 6. The van der Waals surface area contributed by atoms with Crippen molar-refractivity contribution in [3.63, 3.8) is 0 Å². The molecule has 0 amide bonds. The van der Waals surface area contributed by atoms with Crippen LogP contribution in [-0.4, -0.2) is 60.2 Å². The smallest absolute Gasteiger partial charge is 0.508 e. The van der Waals surface area contributed by atoms with E-state index in [1.807, 2.05) is 0 Å². The number of ether oxygens (including phenoxy) is 1. The van der Waals surface area contributed by atoms with Crippen molar-refractivity contribution in [2.24, 2.45) is 0 Å². The molecule has 0 unspecified atom stereocenters. The predicted molar refractivity (Wildman–Crippen MR) is 81.3 cm³/mol. The standard InChI is InChI=1S/C14H17F5N2O3.ClH/c15-13(16,8-22)12(21-5-3-20-4-6-21)10-7-9(1-2-11(10)23)24-14(17,18)19;/h1-2,7,12,20,22-23H,3-6,8H2;1H/t12-;/m1./s1. The highest BCUT2D eigenvalue weighted by molar-refractivity contribution is 5.85. The van der Waals surface area contributed by atoms with Gasteiger partial charge in [0, 0.05) is 31.7 Å². The molecule has 144 valence electrons. The third-order valence-electron chi connectivity index (χ3n) is 3.65. The lowest BCUT2D eigenvalue weighted by atomic mass is 9.97. The zero-order valence-corrected chi connectivity index (χ0v) is 13.7. The maximum Gasteiger partial charge on any atom is 0.573 e. The van der Waals surface area contributed by atoms with Crippen molar-refractivity contribution in [2.75, 3.05) is 32.8 Å². The van der Waals surface area contributed by atoms with Crippen LogP contribution >= 0.6 is 12.4 Å². The lowest BCUT2D eigenvalue weighted by Gasteiger charge is -2.39. The van der Waals surface area contributed by atoms with E-state index in [0.717, 1.165) is 18.2 Å². The summed E-state index contributed by atoms with van der Waals surface area (Å²) in [5.41, 5.74) is -0.433. The number of benzene rings is 1. The second-order valence-electron chi connectivity index (χ2n) is 5.38. The number of aliphatic hydroxyl groups is 1. The molecule has 2 rings (SSSR count). The Morgan fingerprint density at radius 3 is 2.28 bits per heavy atom. The van der Waals surface area contributed by atoms with Crippen molar-refractivity contribution in [3.8, 4) is 11.5 Å². The minimum Gasteiger partial charge on any atom is -0.508 e. The number of alkyl halides is 5. The first-order valence-corrected chi connectivity index (χ1v) is 7.16. The molecule has 0 aromatic heterocycles. The Hall–Kier alpha value is -1.36. The van der Waals surface area contributed by atoms with Crippen LogP contribution in [0.3, 0.4) is 0 Å². The predicted octanol–water partition coefficient (Wildman–Crippen LogP) is 2.29. The van der Waals surface area contributed by atoms with Crippen LogP contribution in [0.5, 0.6) is 11.5 Å². The van der Waals surface area contributed by atoms with E-state index in [0.29, 0.717) is 13.1 Å². The summed E-state index contributed by atoms with van der Waals surface area (Å²) < 4.78 is 69.2. The molecule has 25 heavy (non-hydrogen) atoms. The molecular weight excluding hydrogens is 375 g/mol. The number of piperazine rings is 1. The second-order valence-corrected chi connectivity index (χ2v) is 5.38. The number of hydrogen-bond acceptors (Lipinski definition) is 5.